The molecule has 1 saturated carbocycles. The first-order valence-corrected chi connectivity index (χ1v) is 7.50. The molecule has 0 aliphatic heterocycles. The molecule has 0 radical (unpaired) electrons. The molecule has 3 nitrogen and oxygen atoms in total. The third kappa shape index (κ3) is 3.10. The standard InChI is InChI=1S/C18H17F2NO2/c19-14-7-6-12(10-15(14)20)16(22)11-21-17(23)18(8-9-18)13-4-2-1-3-5-13/h1-7,10,16,22H,8-9,11H2,(H,21,23). The maximum Gasteiger partial charge on any atom is 0.230 e. The van der Waals surface area contributed by atoms with Crippen LogP contribution in [0, 0.1) is 11.6 Å². The van der Waals surface area contributed by atoms with E-state index < -0.39 is 23.2 Å². The minimum absolute atomic E-state index is 0.0432. The van der Waals surface area contributed by atoms with Gasteiger partial charge in [0.15, 0.2) is 11.6 Å². The number of aliphatic hydroxyl groups excluding tert-OH is 1. The lowest BCUT2D eigenvalue weighted by Gasteiger charge is -2.18. The van der Waals surface area contributed by atoms with E-state index in [1.165, 1.54) is 6.07 Å². The van der Waals surface area contributed by atoms with Gasteiger partial charge in [-0.05, 0) is 36.1 Å². The fourth-order valence-electron chi connectivity index (χ4n) is 2.73. The predicted octanol–water partition coefficient (Wildman–Crippen LogP) is 2.85. The summed E-state index contributed by atoms with van der Waals surface area (Å²) in [5.41, 5.74) is 0.670. The average Bonchev–Trinajstić information content (AvgIpc) is 3.37. The number of carbonyl (C=O) groups excluding carboxylic acids is 1. The predicted molar refractivity (Wildman–Crippen MR) is 81.7 cm³/mol. The molecule has 1 unspecified atom stereocenters. The van der Waals surface area contributed by atoms with Gasteiger partial charge >= 0.3 is 0 Å². The van der Waals surface area contributed by atoms with E-state index in [4.69, 9.17) is 0 Å². The summed E-state index contributed by atoms with van der Waals surface area (Å²) in [4.78, 5) is 12.4. The Kier molecular flexibility index (Phi) is 4.13. The number of hydrogen-bond acceptors (Lipinski definition) is 2. The summed E-state index contributed by atoms with van der Waals surface area (Å²) >= 11 is 0. The molecular formula is C18H17F2NO2. The van der Waals surface area contributed by atoms with Crippen molar-refractivity contribution in [3.63, 3.8) is 0 Å². The van der Waals surface area contributed by atoms with Crippen molar-refractivity contribution < 1.29 is 18.7 Å². The third-order valence-electron chi connectivity index (χ3n) is 4.30. The molecule has 1 aliphatic rings. The first-order chi connectivity index (χ1) is 11.0. The molecule has 0 aromatic heterocycles. The van der Waals surface area contributed by atoms with E-state index in [0.717, 1.165) is 30.5 Å². The van der Waals surface area contributed by atoms with Gasteiger partial charge in [-0.15, -0.1) is 0 Å². The molecule has 1 amide bonds. The van der Waals surface area contributed by atoms with Crippen molar-refractivity contribution in [3.05, 3.63) is 71.3 Å². The highest BCUT2D eigenvalue weighted by atomic mass is 19.2. The lowest BCUT2D eigenvalue weighted by atomic mass is 9.95. The third-order valence-corrected chi connectivity index (χ3v) is 4.30. The van der Waals surface area contributed by atoms with Crippen molar-refractivity contribution in [2.45, 2.75) is 24.4 Å². The van der Waals surface area contributed by atoms with E-state index in [9.17, 15) is 18.7 Å². The number of hydrogen-bond donors (Lipinski definition) is 2. The number of benzene rings is 2. The maximum atomic E-state index is 13.2. The maximum absolute atomic E-state index is 13.2. The fraction of sp³-hybridized carbons (Fsp3) is 0.278. The smallest absolute Gasteiger partial charge is 0.230 e. The second-order valence-electron chi connectivity index (χ2n) is 5.85. The summed E-state index contributed by atoms with van der Waals surface area (Å²) in [6, 6.07) is 12.7. The van der Waals surface area contributed by atoms with Crippen molar-refractivity contribution in [1.82, 2.24) is 5.32 Å². The number of amides is 1. The van der Waals surface area contributed by atoms with Crippen LogP contribution >= 0.6 is 0 Å². The van der Waals surface area contributed by atoms with E-state index in [-0.39, 0.29) is 18.0 Å². The Balaban J connectivity index is 1.64. The Hall–Kier alpha value is -2.27. The van der Waals surface area contributed by atoms with Gasteiger partial charge in [0.25, 0.3) is 0 Å². The summed E-state index contributed by atoms with van der Waals surface area (Å²) in [7, 11) is 0. The molecule has 23 heavy (non-hydrogen) atoms. The molecule has 1 atom stereocenters. The molecule has 3 rings (SSSR count). The van der Waals surface area contributed by atoms with Crippen LogP contribution in [0.4, 0.5) is 8.78 Å². The Morgan fingerprint density at radius 2 is 1.83 bits per heavy atom. The normalized spacial score (nSPS) is 16.7. The van der Waals surface area contributed by atoms with Crippen molar-refractivity contribution in [2.24, 2.45) is 0 Å². The highest BCUT2D eigenvalue weighted by molar-refractivity contribution is 5.91. The van der Waals surface area contributed by atoms with Gasteiger partial charge in [-0.2, -0.15) is 0 Å². The van der Waals surface area contributed by atoms with E-state index >= 15 is 0 Å². The highest BCUT2D eigenvalue weighted by Gasteiger charge is 2.51. The van der Waals surface area contributed by atoms with Gasteiger partial charge in [0, 0.05) is 6.54 Å². The molecule has 0 saturated heterocycles. The monoisotopic (exact) mass is 317 g/mol. The molecule has 1 aliphatic carbocycles. The van der Waals surface area contributed by atoms with Gasteiger partial charge in [0.05, 0.1) is 11.5 Å². The van der Waals surface area contributed by atoms with Crippen molar-refractivity contribution in [1.29, 1.82) is 0 Å². The summed E-state index contributed by atoms with van der Waals surface area (Å²) in [5.74, 6) is -2.13. The second kappa shape index (κ2) is 6.08. The van der Waals surface area contributed by atoms with Crippen LogP contribution in [0.1, 0.15) is 30.1 Å². The largest absolute Gasteiger partial charge is 0.387 e. The molecule has 1 fully saturated rings. The topological polar surface area (TPSA) is 49.3 Å². The number of aliphatic hydroxyl groups is 1. The zero-order valence-electron chi connectivity index (χ0n) is 12.4. The van der Waals surface area contributed by atoms with Gasteiger partial charge in [0.1, 0.15) is 0 Å². The van der Waals surface area contributed by atoms with Crippen LogP contribution in [0.2, 0.25) is 0 Å². The van der Waals surface area contributed by atoms with E-state index in [1.807, 2.05) is 30.3 Å². The van der Waals surface area contributed by atoms with Crippen LogP contribution < -0.4 is 5.32 Å². The number of rotatable bonds is 5. The van der Waals surface area contributed by atoms with E-state index in [0.29, 0.717) is 0 Å². The van der Waals surface area contributed by atoms with Gasteiger partial charge in [-0.3, -0.25) is 4.79 Å². The molecule has 0 spiro atoms. The quantitative estimate of drug-likeness (QED) is 0.891. The van der Waals surface area contributed by atoms with Crippen LogP contribution in [0.5, 0.6) is 0 Å². The Morgan fingerprint density at radius 3 is 2.43 bits per heavy atom. The zero-order valence-corrected chi connectivity index (χ0v) is 12.4. The zero-order chi connectivity index (χ0) is 16.4. The van der Waals surface area contributed by atoms with Crippen LogP contribution in [-0.2, 0) is 10.2 Å². The molecule has 0 heterocycles. The number of carbonyl (C=O) groups is 1. The molecular weight excluding hydrogens is 300 g/mol. The summed E-state index contributed by atoms with van der Waals surface area (Å²) in [5, 5.41) is 12.7. The lowest BCUT2D eigenvalue weighted by molar-refractivity contribution is -0.124. The summed E-state index contributed by atoms with van der Waals surface area (Å²) in [6.07, 6.45) is 0.453. The highest BCUT2D eigenvalue weighted by Crippen LogP contribution is 2.48. The van der Waals surface area contributed by atoms with E-state index in [2.05, 4.69) is 5.32 Å². The Bertz CT molecular complexity index is 714. The van der Waals surface area contributed by atoms with Crippen LogP contribution in [0.3, 0.4) is 0 Å². The van der Waals surface area contributed by atoms with Gasteiger partial charge in [-0.25, -0.2) is 8.78 Å². The van der Waals surface area contributed by atoms with Crippen molar-refractivity contribution in [2.75, 3.05) is 6.54 Å². The van der Waals surface area contributed by atoms with Gasteiger partial charge in [0.2, 0.25) is 5.91 Å². The van der Waals surface area contributed by atoms with Crippen LogP contribution in [-0.4, -0.2) is 17.6 Å². The fourth-order valence-corrected chi connectivity index (χ4v) is 2.73. The lowest BCUT2D eigenvalue weighted by Crippen LogP contribution is -2.37. The summed E-state index contributed by atoms with van der Waals surface area (Å²) < 4.78 is 26.1. The number of halogens is 2. The van der Waals surface area contributed by atoms with E-state index in [1.54, 1.807) is 0 Å². The van der Waals surface area contributed by atoms with Crippen molar-refractivity contribution >= 4 is 5.91 Å². The van der Waals surface area contributed by atoms with Gasteiger partial charge in [-0.1, -0.05) is 36.4 Å². The SMILES string of the molecule is O=C(NCC(O)c1ccc(F)c(F)c1)C1(c2ccccc2)CC1. The molecule has 2 N–H and O–H groups in total. The molecule has 2 aromatic carbocycles. The molecule has 2 aromatic rings. The van der Waals surface area contributed by atoms with Gasteiger partial charge < -0.3 is 10.4 Å². The van der Waals surface area contributed by atoms with Crippen LogP contribution in [0.15, 0.2) is 48.5 Å². The first kappa shape index (κ1) is 15.6. The summed E-state index contributed by atoms with van der Waals surface area (Å²) in [6.45, 7) is -0.0432. The molecule has 0 bridgehead atoms. The van der Waals surface area contributed by atoms with Crippen molar-refractivity contribution in [3.8, 4) is 0 Å². The van der Waals surface area contributed by atoms with Crippen LogP contribution in [0.25, 0.3) is 0 Å². The average molecular weight is 317 g/mol. The Morgan fingerprint density at radius 1 is 1.13 bits per heavy atom. The minimum atomic E-state index is -1.08. The Labute approximate surface area is 133 Å². The minimum Gasteiger partial charge on any atom is -0.387 e. The second-order valence-corrected chi connectivity index (χ2v) is 5.85. The molecule has 5 heteroatoms. The first-order valence-electron chi connectivity index (χ1n) is 7.50. The molecule has 120 valence electrons. The number of nitrogens with one attached hydrogen (secondary N) is 1.